The molecule has 1 rings (SSSR count). The van der Waals surface area contributed by atoms with Crippen LogP contribution in [0.25, 0.3) is 0 Å². The second-order valence-electron chi connectivity index (χ2n) is 3.86. The molecule has 0 unspecified atom stereocenters. The van der Waals surface area contributed by atoms with Crippen LogP contribution in [-0.4, -0.2) is 35.6 Å². The first-order chi connectivity index (χ1) is 7.77. The highest BCUT2D eigenvalue weighted by atomic mass is 16.1. The molecule has 0 aliphatic heterocycles. The maximum atomic E-state index is 11.5. The van der Waals surface area contributed by atoms with Gasteiger partial charge in [0.05, 0.1) is 0 Å². The molecular formula is C12H21N3O. The summed E-state index contributed by atoms with van der Waals surface area (Å²) in [5.74, 6) is 0. The van der Waals surface area contributed by atoms with Crippen LogP contribution in [0.2, 0.25) is 0 Å². The van der Waals surface area contributed by atoms with Crippen molar-refractivity contribution in [2.45, 2.75) is 19.9 Å². The second-order valence-corrected chi connectivity index (χ2v) is 3.86. The van der Waals surface area contributed by atoms with Crippen LogP contribution in [0.4, 0.5) is 0 Å². The van der Waals surface area contributed by atoms with E-state index in [1.807, 2.05) is 12.3 Å². The van der Waals surface area contributed by atoms with Crippen LogP contribution in [0.5, 0.6) is 0 Å². The van der Waals surface area contributed by atoms with Gasteiger partial charge in [0, 0.05) is 38.4 Å². The van der Waals surface area contributed by atoms with E-state index < -0.39 is 0 Å². The van der Waals surface area contributed by atoms with E-state index in [9.17, 15) is 4.79 Å². The molecule has 16 heavy (non-hydrogen) atoms. The quantitative estimate of drug-likeness (QED) is 0.733. The Kier molecular flexibility index (Phi) is 5.82. The van der Waals surface area contributed by atoms with Gasteiger partial charge in [-0.05, 0) is 19.0 Å². The molecule has 0 aliphatic carbocycles. The van der Waals surface area contributed by atoms with Crippen molar-refractivity contribution >= 4 is 0 Å². The average molecular weight is 223 g/mol. The monoisotopic (exact) mass is 223 g/mol. The molecule has 4 nitrogen and oxygen atoms in total. The van der Waals surface area contributed by atoms with Gasteiger partial charge in [0.25, 0.3) is 5.56 Å². The maximum absolute atomic E-state index is 11.5. The summed E-state index contributed by atoms with van der Waals surface area (Å²) in [4.78, 5) is 13.8. The first-order valence-electron chi connectivity index (χ1n) is 5.85. The number of hydrogen-bond donors (Lipinski definition) is 1. The largest absolute Gasteiger partial charge is 0.329 e. The van der Waals surface area contributed by atoms with Crippen LogP contribution in [0.3, 0.4) is 0 Å². The van der Waals surface area contributed by atoms with Crippen molar-refractivity contribution in [2.24, 2.45) is 5.73 Å². The van der Waals surface area contributed by atoms with Crippen molar-refractivity contribution in [1.82, 2.24) is 9.47 Å². The van der Waals surface area contributed by atoms with Gasteiger partial charge in [0.15, 0.2) is 0 Å². The summed E-state index contributed by atoms with van der Waals surface area (Å²) in [5.41, 5.74) is 5.61. The van der Waals surface area contributed by atoms with Crippen LogP contribution in [-0.2, 0) is 6.54 Å². The third-order valence-electron chi connectivity index (χ3n) is 2.54. The fraction of sp³-hybridized carbons (Fsp3) is 0.583. The molecule has 0 spiro atoms. The summed E-state index contributed by atoms with van der Waals surface area (Å²) < 4.78 is 1.74. The van der Waals surface area contributed by atoms with Crippen molar-refractivity contribution in [3.63, 3.8) is 0 Å². The molecular weight excluding hydrogens is 202 g/mol. The Morgan fingerprint density at radius 3 is 2.75 bits per heavy atom. The lowest BCUT2D eigenvalue weighted by Crippen LogP contribution is -2.34. The lowest BCUT2D eigenvalue weighted by Gasteiger charge is -2.21. The van der Waals surface area contributed by atoms with E-state index >= 15 is 0 Å². The number of aromatic nitrogens is 1. The number of rotatable bonds is 7. The Labute approximate surface area is 96.7 Å². The standard InChI is InChI=1S/C12H21N3O/c1-2-7-14(9-6-13)10-11-15-8-4-3-5-12(15)16/h3-5,8H,2,6-7,9-11,13H2,1H3. The number of nitrogens with zero attached hydrogens (tertiary/aromatic N) is 2. The molecule has 0 saturated heterocycles. The van der Waals surface area contributed by atoms with Crippen LogP contribution < -0.4 is 11.3 Å². The third-order valence-corrected chi connectivity index (χ3v) is 2.54. The zero-order valence-electron chi connectivity index (χ0n) is 9.93. The fourth-order valence-electron chi connectivity index (χ4n) is 1.73. The van der Waals surface area contributed by atoms with E-state index in [1.54, 1.807) is 16.7 Å². The summed E-state index contributed by atoms with van der Waals surface area (Å²) in [6.07, 6.45) is 2.94. The van der Waals surface area contributed by atoms with E-state index in [0.29, 0.717) is 6.54 Å². The third kappa shape index (κ3) is 4.16. The summed E-state index contributed by atoms with van der Waals surface area (Å²) >= 11 is 0. The zero-order chi connectivity index (χ0) is 11.8. The number of hydrogen-bond acceptors (Lipinski definition) is 3. The van der Waals surface area contributed by atoms with E-state index in [1.165, 1.54) is 0 Å². The van der Waals surface area contributed by atoms with Crippen LogP contribution in [0, 0.1) is 0 Å². The van der Waals surface area contributed by atoms with Crippen LogP contribution >= 0.6 is 0 Å². The van der Waals surface area contributed by atoms with E-state index in [4.69, 9.17) is 5.73 Å². The minimum absolute atomic E-state index is 0.0618. The zero-order valence-corrected chi connectivity index (χ0v) is 9.93. The molecule has 1 aromatic heterocycles. The molecule has 1 aromatic rings. The van der Waals surface area contributed by atoms with E-state index in [0.717, 1.165) is 32.6 Å². The van der Waals surface area contributed by atoms with Gasteiger partial charge in [-0.2, -0.15) is 0 Å². The fourth-order valence-corrected chi connectivity index (χ4v) is 1.73. The normalized spacial score (nSPS) is 10.9. The highest BCUT2D eigenvalue weighted by Gasteiger charge is 2.02. The predicted molar refractivity (Wildman–Crippen MR) is 66.5 cm³/mol. The van der Waals surface area contributed by atoms with Gasteiger partial charge in [-0.3, -0.25) is 4.79 Å². The molecule has 0 radical (unpaired) electrons. The Bertz CT molecular complexity index is 342. The molecule has 1 heterocycles. The van der Waals surface area contributed by atoms with Crippen molar-refractivity contribution in [2.75, 3.05) is 26.2 Å². The van der Waals surface area contributed by atoms with Crippen molar-refractivity contribution in [3.05, 3.63) is 34.7 Å². The minimum Gasteiger partial charge on any atom is -0.329 e. The van der Waals surface area contributed by atoms with Gasteiger partial charge < -0.3 is 15.2 Å². The molecule has 4 heteroatoms. The summed E-state index contributed by atoms with van der Waals surface area (Å²) in [6.45, 7) is 6.38. The number of pyridine rings is 1. The van der Waals surface area contributed by atoms with Crippen molar-refractivity contribution in [3.8, 4) is 0 Å². The van der Waals surface area contributed by atoms with E-state index in [2.05, 4.69) is 11.8 Å². The molecule has 0 amide bonds. The molecule has 0 fully saturated rings. The topological polar surface area (TPSA) is 51.3 Å². The lowest BCUT2D eigenvalue weighted by molar-refractivity contribution is 0.269. The van der Waals surface area contributed by atoms with Crippen molar-refractivity contribution in [1.29, 1.82) is 0 Å². The predicted octanol–water partition coefficient (Wildman–Crippen LogP) is 0.519. The van der Waals surface area contributed by atoms with Gasteiger partial charge in [0.2, 0.25) is 0 Å². The molecule has 90 valence electrons. The lowest BCUT2D eigenvalue weighted by atomic mass is 10.3. The summed E-state index contributed by atoms with van der Waals surface area (Å²) in [7, 11) is 0. The van der Waals surface area contributed by atoms with Crippen molar-refractivity contribution < 1.29 is 0 Å². The summed E-state index contributed by atoms with van der Waals surface area (Å²) in [6, 6.07) is 5.24. The highest BCUT2D eigenvalue weighted by Crippen LogP contribution is 1.92. The average Bonchev–Trinajstić information content (AvgIpc) is 2.28. The molecule has 0 saturated carbocycles. The van der Waals surface area contributed by atoms with Gasteiger partial charge in [0.1, 0.15) is 0 Å². The van der Waals surface area contributed by atoms with Gasteiger partial charge >= 0.3 is 0 Å². The summed E-state index contributed by atoms with van der Waals surface area (Å²) in [5, 5.41) is 0. The number of nitrogens with two attached hydrogens (primary N) is 1. The molecule has 0 bridgehead atoms. The SMILES string of the molecule is CCCN(CCN)CCn1ccccc1=O. The molecule has 2 N–H and O–H groups in total. The highest BCUT2D eigenvalue weighted by molar-refractivity contribution is 4.93. The van der Waals surface area contributed by atoms with E-state index in [-0.39, 0.29) is 5.56 Å². The molecule has 0 aromatic carbocycles. The molecule has 0 aliphatic rings. The maximum Gasteiger partial charge on any atom is 0.250 e. The van der Waals surface area contributed by atoms with Gasteiger partial charge in [-0.15, -0.1) is 0 Å². The second kappa shape index (κ2) is 7.19. The Morgan fingerprint density at radius 2 is 2.12 bits per heavy atom. The Morgan fingerprint density at radius 1 is 1.31 bits per heavy atom. The minimum atomic E-state index is 0.0618. The first-order valence-corrected chi connectivity index (χ1v) is 5.85. The Balaban J connectivity index is 2.48. The van der Waals surface area contributed by atoms with Crippen LogP contribution in [0.1, 0.15) is 13.3 Å². The molecule has 0 atom stereocenters. The first kappa shape index (κ1) is 12.9. The van der Waals surface area contributed by atoms with Gasteiger partial charge in [-0.25, -0.2) is 0 Å². The van der Waals surface area contributed by atoms with Gasteiger partial charge in [-0.1, -0.05) is 13.0 Å². The Hall–Kier alpha value is -1.13. The smallest absolute Gasteiger partial charge is 0.250 e. The van der Waals surface area contributed by atoms with Crippen LogP contribution in [0.15, 0.2) is 29.2 Å².